The Bertz CT molecular complexity index is 598. The molecule has 1 aliphatic rings. The Balaban J connectivity index is 1.99. The van der Waals surface area contributed by atoms with Crippen LogP contribution in [0.4, 0.5) is 5.69 Å². The number of rotatable bonds is 1. The van der Waals surface area contributed by atoms with Crippen LogP contribution in [0.5, 0.6) is 0 Å². The molecular weight excluding hydrogens is 240 g/mol. The van der Waals surface area contributed by atoms with E-state index in [4.69, 9.17) is 0 Å². The van der Waals surface area contributed by atoms with Crippen molar-refractivity contribution in [2.24, 2.45) is 0 Å². The third kappa shape index (κ3) is 2.11. The van der Waals surface area contributed by atoms with Crippen molar-refractivity contribution in [2.75, 3.05) is 11.4 Å². The van der Waals surface area contributed by atoms with Gasteiger partial charge in [0.25, 0.3) is 5.91 Å². The van der Waals surface area contributed by atoms with Crippen LogP contribution in [0.2, 0.25) is 0 Å². The number of aliphatic hydroxyl groups excluding tert-OH is 1. The maximum absolute atomic E-state index is 12.5. The van der Waals surface area contributed by atoms with E-state index in [1.165, 1.54) is 0 Å². The predicted octanol–water partition coefficient (Wildman–Crippen LogP) is 2.17. The molecule has 1 amide bonds. The molecule has 1 aromatic carbocycles. The number of carbonyl (C=O) groups excluding carboxylic acids is 1. The van der Waals surface area contributed by atoms with Gasteiger partial charge in [0.1, 0.15) is 0 Å². The Morgan fingerprint density at radius 2 is 2.11 bits per heavy atom. The number of benzene rings is 1. The topological polar surface area (TPSA) is 53.4 Å². The molecule has 1 aliphatic heterocycles. The smallest absolute Gasteiger partial charge is 0.259 e. The second kappa shape index (κ2) is 4.82. The number of pyridine rings is 1. The zero-order valence-electron chi connectivity index (χ0n) is 10.4. The summed E-state index contributed by atoms with van der Waals surface area (Å²) >= 11 is 0. The van der Waals surface area contributed by atoms with Crippen molar-refractivity contribution in [3.8, 4) is 0 Å². The zero-order chi connectivity index (χ0) is 13.2. The average Bonchev–Trinajstić information content (AvgIpc) is 2.48. The molecular formula is C15H14N2O2. The first-order chi connectivity index (χ1) is 9.27. The van der Waals surface area contributed by atoms with E-state index in [1.54, 1.807) is 29.4 Å². The minimum atomic E-state index is -0.492. The Labute approximate surface area is 111 Å². The first-order valence-electron chi connectivity index (χ1n) is 6.26. The van der Waals surface area contributed by atoms with Crippen LogP contribution in [0, 0.1) is 0 Å². The highest BCUT2D eigenvalue weighted by molar-refractivity contribution is 6.06. The van der Waals surface area contributed by atoms with Crippen LogP contribution in [-0.4, -0.2) is 22.5 Å². The molecule has 0 saturated heterocycles. The first-order valence-corrected chi connectivity index (χ1v) is 6.26. The maximum atomic E-state index is 12.5. The first kappa shape index (κ1) is 11.9. The van der Waals surface area contributed by atoms with Crippen molar-refractivity contribution in [2.45, 2.75) is 12.5 Å². The van der Waals surface area contributed by atoms with Crippen molar-refractivity contribution in [1.29, 1.82) is 0 Å². The fourth-order valence-electron chi connectivity index (χ4n) is 2.40. The number of aromatic nitrogens is 1. The predicted molar refractivity (Wildman–Crippen MR) is 71.9 cm³/mol. The molecule has 1 aromatic heterocycles. The van der Waals surface area contributed by atoms with Gasteiger partial charge < -0.3 is 10.0 Å². The van der Waals surface area contributed by atoms with E-state index in [2.05, 4.69) is 4.98 Å². The Morgan fingerprint density at radius 1 is 1.26 bits per heavy atom. The number of anilines is 1. The number of carbonyl (C=O) groups is 1. The Hall–Kier alpha value is -2.20. The van der Waals surface area contributed by atoms with Crippen LogP contribution in [0.1, 0.15) is 28.4 Å². The Morgan fingerprint density at radius 3 is 2.89 bits per heavy atom. The summed E-state index contributed by atoms with van der Waals surface area (Å²) in [4.78, 5) is 18.2. The highest BCUT2D eigenvalue weighted by Gasteiger charge is 2.27. The fraction of sp³-hybridized carbons (Fsp3) is 0.200. The number of amides is 1. The highest BCUT2D eigenvalue weighted by Crippen LogP contribution is 2.34. The molecule has 0 aliphatic carbocycles. The summed E-state index contributed by atoms with van der Waals surface area (Å²) in [5.74, 6) is -0.0764. The second-order valence-electron chi connectivity index (χ2n) is 4.56. The molecule has 2 aromatic rings. The third-order valence-electron chi connectivity index (χ3n) is 3.37. The third-order valence-corrected chi connectivity index (χ3v) is 3.37. The van der Waals surface area contributed by atoms with E-state index >= 15 is 0 Å². The lowest BCUT2D eigenvalue weighted by atomic mass is 9.98. The van der Waals surface area contributed by atoms with Crippen LogP contribution >= 0.6 is 0 Å². The molecule has 19 heavy (non-hydrogen) atoms. The number of fused-ring (bicyclic) bond motifs is 1. The quantitative estimate of drug-likeness (QED) is 0.848. The van der Waals surface area contributed by atoms with Crippen LogP contribution in [0.15, 0.2) is 48.8 Å². The normalized spacial score (nSPS) is 17.9. The number of aliphatic hydroxyl groups is 1. The Kier molecular flexibility index (Phi) is 3.01. The summed E-state index contributed by atoms with van der Waals surface area (Å²) in [6.45, 7) is 0.520. The lowest BCUT2D eigenvalue weighted by Crippen LogP contribution is -2.36. The van der Waals surface area contributed by atoms with Gasteiger partial charge in [0, 0.05) is 30.2 Å². The monoisotopic (exact) mass is 254 g/mol. The molecule has 1 atom stereocenters. The van der Waals surface area contributed by atoms with E-state index in [1.807, 2.05) is 24.3 Å². The van der Waals surface area contributed by atoms with Crippen molar-refractivity contribution < 1.29 is 9.90 Å². The molecule has 0 bridgehead atoms. The van der Waals surface area contributed by atoms with Crippen molar-refractivity contribution in [3.63, 3.8) is 0 Å². The molecule has 0 fully saturated rings. The summed E-state index contributed by atoms with van der Waals surface area (Å²) < 4.78 is 0. The molecule has 1 unspecified atom stereocenters. The molecule has 1 N–H and O–H groups in total. The lowest BCUT2D eigenvalue weighted by molar-refractivity contribution is 0.0970. The van der Waals surface area contributed by atoms with Gasteiger partial charge in [-0.05, 0) is 24.6 Å². The number of nitrogens with zero attached hydrogens (tertiary/aromatic N) is 2. The molecule has 4 nitrogen and oxygen atoms in total. The van der Waals surface area contributed by atoms with Gasteiger partial charge in [-0.1, -0.05) is 18.2 Å². The van der Waals surface area contributed by atoms with Gasteiger partial charge in [0.2, 0.25) is 0 Å². The van der Waals surface area contributed by atoms with Gasteiger partial charge in [-0.2, -0.15) is 0 Å². The minimum absolute atomic E-state index is 0.0764. The van der Waals surface area contributed by atoms with Crippen LogP contribution in [0.25, 0.3) is 0 Å². The fourth-order valence-corrected chi connectivity index (χ4v) is 2.40. The molecule has 96 valence electrons. The SMILES string of the molecule is O=C(c1cccnc1)N1CCC(O)c2ccccc21. The standard InChI is InChI=1S/C15H14N2O2/c18-14-7-9-17(13-6-2-1-5-12(13)14)15(19)11-4-3-8-16-10-11/h1-6,8,10,14,18H,7,9H2. The average molecular weight is 254 g/mol. The summed E-state index contributed by atoms with van der Waals surface area (Å²) in [6.07, 6.45) is 3.28. The molecule has 0 saturated carbocycles. The number of para-hydroxylation sites is 1. The van der Waals surface area contributed by atoms with Gasteiger partial charge >= 0.3 is 0 Å². The molecule has 3 rings (SSSR count). The summed E-state index contributed by atoms with van der Waals surface area (Å²) in [5, 5.41) is 9.98. The van der Waals surface area contributed by atoms with E-state index in [0.29, 0.717) is 18.5 Å². The highest BCUT2D eigenvalue weighted by atomic mass is 16.3. The largest absolute Gasteiger partial charge is 0.388 e. The molecule has 0 spiro atoms. The van der Waals surface area contributed by atoms with Crippen molar-refractivity contribution in [3.05, 3.63) is 59.9 Å². The van der Waals surface area contributed by atoms with Crippen LogP contribution in [-0.2, 0) is 0 Å². The number of hydrogen-bond donors (Lipinski definition) is 1. The van der Waals surface area contributed by atoms with Crippen molar-refractivity contribution >= 4 is 11.6 Å². The lowest BCUT2D eigenvalue weighted by Gasteiger charge is -2.32. The summed E-state index contributed by atoms with van der Waals surface area (Å²) in [6, 6.07) is 11.0. The van der Waals surface area contributed by atoms with E-state index < -0.39 is 6.10 Å². The van der Waals surface area contributed by atoms with Gasteiger partial charge in [0.05, 0.1) is 11.7 Å². The summed E-state index contributed by atoms with van der Waals surface area (Å²) in [7, 11) is 0. The zero-order valence-corrected chi connectivity index (χ0v) is 10.4. The van der Waals surface area contributed by atoms with Gasteiger partial charge in [-0.25, -0.2) is 0 Å². The number of hydrogen-bond acceptors (Lipinski definition) is 3. The van der Waals surface area contributed by atoms with Crippen LogP contribution < -0.4 is 4.90 Å². The van der Waals surface area contributed by atoms with Crippen LogP contribution in [0.3, 0.4) is 0 Å². The maximum Gasteiger partial charge on any atom is 0.259 e. The minimum Gasteiger partial charge on any atom is -0.388 e. The molecule has 4 heteroatoms. The summed E-state index contributed by atoms with van der Waals surface area (Å²) in [5.41, 5.74) is 2.16. The van der Waals surface area contributed by atoms with E-state index in [-0.39, 0.29) is 5.91 Å². The van der Waals surface area contributed by atoms with Crippen molar-refractivity contribution in [1.82, 2.24) is 4.98 Å². The molecule has 2 heterocycles. The van der Waals surface area contributed by atoms with E-state index in [9.17, 15) is 9.90 Å². The second-order valence-corrected chi connectivity index (χ2v) is 4.56. The van der Waals surface area contributed by atoms with Gasteiger partial charge in [-0.15, -0.1) is 0 Å². The molecule has 0 radical (unpaired) electrons. The van der Waals surface area contributed by atoms with Gasteiger partial charge in [-0.3, -0.25) is 9.78 Å². The van der Waals surface area contributed by atoms with E-state index in [0.717, 1.165) is 11.3 Å². The van der Waals surface area contributed by atoms with Gasteiger partial charge in [0.15, 0.2) is 0 Å².